The van der Waals surface area contributed by atoms with Gasteiger partial charge in [-0.15, -0.1) is 0 Å². The van der Waals surface area contributed by atoms with Gasteiger partial charge >= 0.3 is 6.03 Å². The molecule has 0 atom stereocenters. The van der Waals surface area contributed by atoms with Crippen molar-refractivity contribution in [1.82, 2.24) is 30.0 Å². The van der Waals surface area contributed by atoms with E-state index in [9.17, 15) is 4.79 Å². The summed E-state index contributed by atoms with van der Waals surface area (Å²) in [5, 5.41) is 11.1. The number of carbonyl (C=O) groups excluding carboxylic acids is 1. The summed E-state index contributed by atoms with van der Waals surface area (Å²) in [5.41, 5.74) is 9.75. The van der Waals surface area contributed by atoms with Crippen LogP contribution in [0.3, 0.4) is 0 Å². The van der Waals surface area contributed by atoms with Crippen LogP contribution in [-0.2, 0) is 9.47 Å². The molecule has 2 aromatic heterocycles. The first kappa shape index (κ1) is 35.9. The zero-order chi connectivity index (χ0) is 34.7. The Bertz CT molecular complexity index is 1700. The predicted octanol–water partition coefficient (Wildman–Crippen LogP) is 6.40. The van der Waals surface area contributed by atoms with Crippen LogP contribution < -0.4 is 21.1 Å². The second-order valence-electron chi connectivity index (χ2n) is 12.4. The van der Waals surface area contributed by atoms with Crippen molar-refractivity contribution in [3.63, 3.8) is 0 Å². The number of methoxy groups -OCH3 is 1. The minimum Gasteiger partial charge on any atom is -0.500 e. The van der Waals surface area contributed by atoms with Gasteiger partial charge in [-0.2, -0.15) is 5.10 Å². The van der Waals surface area contributed by atoms with E-state index in [1.165, 1.54) is 12.7 Å². The van der Waals surface area contributed by atoms with Crippen molar-refractivity contribution < 1.29 is 19.0 Å². The van der Waals surface area contributed by atoms with Crippen LogP contribution in [0, 0.1) is 5.41 Å². The molecule has 0 saturated carbocycles. The van der Waals surface area contributed by atoms with Gasteiger partial charge < -0.3 is 30.6 Å². The van der Waals surface area contributed by atoms with Crippen molar-refractivity contribution in [1.29, 1.82) is 0 Å². The van der Waals surface area contributed by atoms with Crippen molar-refractivity contribution in [2.45, 2.75) is 41.0 Å². The molecule has 0 radical (unpaired) electrons. The Morgan fingerprint density at radius 2 is 1.81 bits per heavy atom. The number of rotatable bonds is 10. The summed E-state index contributed by atoms with van der Waals surface area (Å²) in [4.78, 5) is 23.8. The van der Waals surface area contributed by atoms with Crippen molar-refractivity contribution in [2.75, 3.05) is 57.6 Å². The van der Waals surface area contributed by atoms with Gasteiger partial charge in [0, 0.05) is 42.0 Å². The van der Waals surface area contributed by atoms with Crippen LogP contribution in [0.25, 0.3) is 28.0 Å². The first-order valence-corrected chi connectivity index (χ1v) is 16.2. The second kappa shape index (κ2) is 16.8. The number of fused-ring (bicyclic) bond motifs is 1. The maximum atomic E-state index is 12.8. The molecule has 2 amide bonds. The van der Waals surface area contributed by atoms with Crippen LogP contribution in [0.1, 0.15) is 41.0 Å². The summed E-state index contributed by atoms with van der Waals surface area (Å²) in [6.45, 7) is 19.1. The predicted molar refractivity (Wildman–Crippen MR) is 191 cm³/mol. The number of urea groups is 1. The number of nitrogens with one attached hydrogen (secondary N) is 2. The van der Waals surface area contributed by atoms with Gasteiger partial charge in [0.1, 0.15) is 36.0 Å². The van der Waals surface area contributed by atoms with Crippen LogP contribution in [0.15, 0.2) is 79.0 Å². The van der Waals surface area contributed by atoms with Gasteiger partial charge in [0.05, 0.1) is 31.4 Å². The molecule has 256 valence electrons. The molecule has 48 heavy (non-hydrogen) atoms. The topological polar surface area (TPSA) is 142 Å². The zero-order valence-corrected chi connectivity index (χ0v) is 28.9. The normalized spacial score (nSPS) is 13.8. The van der Waals surface area contributed by atoms with E-state index in [-0.39, 0.29) is 5.41 Å². The number of aromatic nitrogens is 4. The first-order valence-electron chi connectivity index (χ1n) is 16.2. The number of allylic oxidation sites excluding steroid dienone is 2. The number of nitrogens with zero attached hydrogens (tertiary/aromatic N) is 5. The van der Waals surface area contributed by atoms with E-state index in [1.54, 1.807) is 30.0 Å². The number of nitrogen functional groups attached to an aromatic ring is 1. The molecule has 4 N–H and O–H groups in total. The van der Waals surface area contributed by atoms with Gasteiger partial charge in [-0.3, -0.25) is 4.90 Å². The fourth-order valence-corrected chi connectivity index (χ4v) is 4.98. The number of benzene rings is 2. The minimum atomic E-state index is -0.442. The summed E-state index contributed by atoms with van der Waals surface area (Å²) >= 11 is 0. The Kier molecular flexibility index (Phi) is 12.5. The molecule has 0 spiro atoms. The van der Waals surface area contributed by atoms with Crippen molar-refractivity contribution in [3.05, 3.63) is 79.0 Å². The highest BCUT2D eigenvalue weighted by Crippen LogP contribution is 2.33. The Morgan fingerprint density at radius 1 is 1.10 bits per heavy atom. The third kappa shape index (κ3) is 9.55. The highest BCUT2D eigenvalue weighted by atomic mass is 16.5. The third-order valence-electron chi connectivity index (χ3n) is 7.29. The smallest absolute Gasteiger partial charge is 0.323 e. The molecule has 0 bridgehead atoms. The van der Waals surface area contributed by atoms with Gasteiger partial charge in [0.15, 0.2) is 5.65 Å². The molecule has 1 saturated heterocycles. The summed E-state index contributed by atoms with van der Waals surface area (Å²) in [6, 6.07) is 14.6. The van der Waals surface area contributed by atoms with Gasteiger partial charge in [0.2, 0.25) is 0 Å². The third-order valence-corrected chi connectivity index (χ3v) is 7.29. The lowest BCUT2D eigenvalue weighted by molar-refractivity contribution is 0.0322. The monoisotopic (exact) mass is 656 g/mol. The molecule has 12 heteroatoms. The summed E-state index contributed by atoms with van der Waals surface area (Å²) in [7, 11) is 1.59. The summed E-state index contributed by atoms with van der Waals surface area (Å²) in [5.74, 6) is 1.79. The molecule has 12 nitrogen and oxygen atoms in total. The molecule has 2 aromatic carbocycles. The van der Waals surface area contributed by atoms with E-state index in [2.05, 4.69) is 45.9 Å². The molecule has 0 unspecified atom stereocenters. The first-order chi connectivity index (χ1) is 23.0. The highest BCUT2D eigenvalue weighted by Gasteiger charge is 2.20. The molecule has 1 aliphatic heterocycles. The lowest BCUT2D eigenvalue weighted by Gasteiger charge is -2.26. The fourth-order valence-electron chi connectivity index (χ4n) is 4.98. The van der Waals surface area contributed by atoms with E-state index >= 15 is 0 Å². The summed E-state index contributed by atoms with van der Waals surface area (Å²) in [6.07, 6.45) is 4.37. The SMILES string of the molecule is C=C(/C=C(\OC)C(C)(C)C)NC(=O)Nc1cccc(-n2nc(-c3ccc(OCCN4CCOCC4)cc3)c3c(N)ncnc32)c1.CCC. The Hall–Kier alpha value is -4.94. The maximum absolute atomic E-state index is 12.8. The molecular formula is C36H48N8O4. The van der Waals surface area contributed by atoms with Crippen molar-refractivity contribution >= 4 is 28.6 Å². The van der Waals surface area contributed by atoms with E-state index < -0.39 is 6.03 Å². The molecule has 5 rings (SSSR count). The molecular weight excluding hydrogens is 608 g/mol. The molecule has 1 aliphatic rings. The van der Waals surface area contributed by atoms with Crippen LogP contribution in [0.2, 0.25) is 0 Å². The van der Waals surface area contributed by atoms with Gasteiger partial charge in [-0.05, 0) is 48.5 Å². The van der Waals surface area contributed by atoms with Gasteiger partial charge in [-0.25, -0.2) is 19.4 Å². The number of hydrogen-bond donors (Lipinski definition) is 3. The van der Waals surface area contributed by atoms with Crippen LogP contribution >= 0.6 is 0 Å². The minimum absolute atomic E-state index is 0.235. The largest absolute Gasteiger partial charge is 0.500 e. The Labute approximate surface area is 283 Å². The van der Waals surface area contributed by atoms with Crippen LogP contribution in [0.5, 0.6) is 5.75 Å². The number of nitrogens with two attached hydrogens (primary N) is 1. The number of amides is 2. The zero-order valence-electron chi connectivity index (χ0n) is 28.9. The maximum Gasteiger partial charge on any atom is 0.323 e. The van der Waals surface area contributed by atoms with Crippen molar-refractivity contribution in [2.24, 2.45) is 5.41 Å². The Balaban J connectivity index is 0.00000167. The number of ether oxygens (including phenoxy) is 3. The van der Waals surface area contributed by atoms with E-state index in [0.717, 1.165) is 44.2 Å². The number of carbonyl (C=O) groups is 1. The lowest BCUT2D eigenvalue weighted by atomic mass is 9.93. The summed E-state index contributed by atoms with van der Waals surface area (Å²) < 4.78 is 18.5. The van der Waals surface area contributed by atoms with E-state index in [0.29, 0.717) is 52.0 Å². The molecule has 3 heterocycles. The number of anilines is 2. The van der Waals surface area contributed by atoms with Gasteiger partial charge in [0.25, 0.3) is 0 Å². The molecule has 0 aliphatic carbocycles. The van der Waals surface area contributed by atoms with Crippen molar-refractivity contribution in [3.8, 4) is 22.7 Å². The Morgan fingerprint density at radius 3 is 2.48 bits per heavy atom. The van der Waals surface area contributed by atoms with E-state index in [1.807, 2.05) is 57.2 Å². The average Bonchev–Trinajstić information content (AvgIpc) is 3.45. The molecule has 4 aromatic rings. The standard InChI is InChI=1S/C33H40N8O4.C3H8/c1-22(19-27(43-5)33(2,3)4)37-32(42)38-24-7-6-8-25(20-24)41-31-28(30(34)35-21-36-31)29(39-41)23-9-11-26(12-10-23)45-18-15-40-13-16-44-17-14-40;1-3-2/h6-12,19-21H,1,13-18H2,2-5H3,(H2,34,35,36)(H2,37,38,42);3H2,1-2H3/b27-19-;. The lowest BCUT2D eigenvalue weighted by Crippen LogP contribution is -2.38. The second-order valence-corrected chi connectivity index (χ2v) is 12.4. The van der Waals surface area contributed by atoms with E-state index in [4.69, 9.17) is 25.0 Å². The number of hydrogen-bond acceptors (Lipinski definition) is 9. The fraction of sp³-hybridized carbons (Fsp3) is 0.389. The highest BCUT2D eigenvalue weighted by molar-refractivity contribution is 5.99. The average molecular weight is 657 g/mol. The quantitative estimate of drug-likeness (QED) is 0.131. The van der Waals surface area contributed by atoms with Crippen LogP contribution in [0.4, 0.5) is 16.3 Å². The van der Waals surface area contributed by atoms with Gasteiger partial charge in [-0.1, -0.05) is 53.7 Å². The molecule has 1 fully saturated rings. The number of morpholine rings is 1. The van der Waals surface area contributed by atoms with Crippen LogP contribution in [-0.4, -0.2) is 77.2 Å².